The smallest absolute Gasteiger partial charge is 0.338 e. The van der Waals surface area contributed by atoms with Crippen LogP contribution in [0.4, 0.5) is 0 Å². The van der Waals surface area contributed by atoms with E-state index in [-0.39, 0.29) is 0 Å². The molecule has 3 rings (SSSR count). The molecular weight excluding hydrogens is 395 g/mol. The van der Waals surface area contributed by atoms with Crippen LogP contribution in [0.3, 0.4) is 0 Å². The van der Waals surface area contributed by atoms with Gasteiger partial charge >= 0.3 is 7.82 Å². The van der Waals surface area contributed by atoms with E-state index in [0.29, 0.717) is 0 Å². The van der Waals surface area contributed by atoms with E-state index in [9.17, 15) is 0 Å². The summed E-state index contributed by atoms with van der Waals surface area (Å²) in [5.41, 5.74) is 0. The van der Waals surface area contributed by atoms with Gasteiger partial charge in [0.1, 0.15) is 0 Å². The highest BCUT2D eigenvalue weighted by Crippen LogP contribution is 2.25. The molecule has 0 amide bonds. The summed E-state index contributed by atoms with van der Waals surface area (Å²) in [5.74, 6) is 0. The summed E-state index contributed by atoms with van der Waals surface area (Å²) < 4.78 is 15.1. The van der Waals surface area contributed by atoms with Crippen LogP contribution in [0, 0.1) is 0 Å². The highest BCUT2D eigenvalue weighted by atomic mass is 31.2. The zero-order valence-electron chi connectivity index (χ0n) is 17.3. The first-order chi connectivity index (χ1) is 13.8. The van der Waals surface area contributed by atoms with Crippen molar-refractivity contribution in [3.8, 4) is 0 Å². The highest BCUT2D eigenvalue weighted by molar-refractivity contribution is 7.45. The third-order valence-corrected chi connectivity index (χ3v) is 3.12. The lowest BCUT2D eigenvalue weighted by Gasteiger charge is -1.93. The van der Waals surface area contributed by atoms with Crippen LogP contribution >= 0.6 is 7.82 Å². The van der Waals surface area contributed by atoms with Gasteiger partial charge in [-0.15, -0.1) is 0 Å². The molecule has 0 fully saturated rings. The number of phosphoric acid groups is 1. The highest BCUT2D eigenvalue weighted by Gasteiger charge is 2.00. The molecule has 3 aromatic heterocycles. The van der Waals surface area contributed by atoms with E-state index in [0.717, 1.165) is 19.6 Å². The molecule has 0 aliphatic heterocycles. The molecule has 3 N–H and O–H groups in total. The van der Waals surface area contributed by atoms with E-state index in [1.807, 2.05) is 37.6 Å². The SMILES string of the molecule is CCCn1ccnc1.CCCn1ccnc1.CCCn1ccnc1.O=P(O)(O)O. The van der Waals surface area contributed by atoms with Gasteiger partial charge in [0.25, 0.3) is 0 Å². The Morgan fingerprint density at radius 2 is 0.897 bits per heavy atom. The van der Waals surface area contributed by atoms with Crippen LogP contribution in [0.5, 0.6) is 0 Å². The van der Waals surface area contributed by atoms with E-state index in [1.54, 1.807) is 18.6 Å². The van der Waals surface area contributed by atoms with Crippen LogP contribution in [-0.4, -0.2) is 43.3 Å². The Morgan fingerprint density at radius 3 is 1.03 bits per heavy atom. The van der Waals surface area contributed by atoms with Crippen LogP contribution in [-0.2, 0) is 24.2 Å². The Morgan fingerprint density at radius 1 is 0.655 bits per heavy atom. The third-order valence-electron chi connectivity index (χ3n) is 3.12. The predicted octanol–water partition coefficient (Wildman–Crippen LogP) is 2.95. The van der Waals surface area contributed by atoms with E-state index in [1.165, 1.54) is 19.3 Å². The maximum Gasteiger partial charge on any atom is 0.466 e. The fourth-order valence-corrected chi connectivity index (χ4v) is 2.03. The van der Waals surface area contributed by atoms with Crippen molar-refractivity contribution in [2.24, 2.45) is 0 Å². The first kappa shape index (κ1) is 26.7. The van der Waals surface area contributed by atoms with Crippen molar-refractivity contribution in [2.45, 2.75) is 59.7 Å². The van der Waals surface area contributed by atoms with Gasteiger partial charge in [-0.05, 0) is 19.3 Å². The van der Waals surface area contributed by atoms with E-state index in [2.05, 4.69) is 49.4 Å². The first-order valence-corrected chi connectivity index (χ1v) is 11.0. The van der Waals surface area contributed by atoms with Gasteiger partial charge in [-0.1, -0.05) is 20.8 Å². The lowest BCUT2D eigenvalue weighted by molar-refractivity contribution is 0.275. The zero-order valence-corrected chi connectivity index (χ0v) is 18.2. The molecule has 0 spiro atoms. The minimum atomic E-state index is -4.64. The van der Waals surface area contributed by atoms with E-state index < -0.39 is 7.82 Å². The van der Waals surface area contributed by atoms with Crippen LogP contribution in [0.15, 0.2) is 56.2 Å². The lowest BCUT2D eigenvalue weighted by Crippen LogP contribution is -1.90. The maximum absolute atomic E-state index is 8.88. The second kappa shape index (κ2) is 16.7. The van der Waals surface area contributed by atoms with Crippen LogP contribution in [0.2, 0.25) is 0 Å². The standard InChI is InChI=1S/3C6H10N2.H3O4P/c3*1-2-4-8-5-3-7-6-8;1-5(2,3)4/h3*3,5-6H,2,4H2,1H3;(H3,1,2,3,4). The van der Waals surface area contributed by atoms with Crippen molar-refractivity contribution in [1.29, 1.82) is 0 Å². The van der Waals surface area contributed by atoms with Gasteiger partial charge in [0, 0.05) is 56.8 Å². The van der Waals surface area contributed by atoms with Gasteiger partial charge in [0.2, 0.25) is 0 Å². The molecule has 3 aromatic rings. The molecule has 0 aliphatic carbocycles. The number of aromatic nitrogens is 6. The molecule has 11 heteroatoms. The predicted molar refractivity (Wildman–Crippen MR) is 112 cm³/mol. The molecule has 0 atom stereocenters. The molecule has 0 bridgehead atoms. The maximum atomic E-state index is 8.88. The number of aryl methyl sites for hydroxylation is 3. The topological polar surface area (TPSA) is 131 Å². The van der Waals surface area contributed by atoms with E-state index >= 15 is 0 Å². The molecular formula is C18H33N6O4P. The number of nitrogens with zero attached hydrogens (tertiary/aromatic N) is 6. The van der Waals surface area contributed by atoms with Gasteiger partial charge in [-0.3, -0.25) is 0 Å². The Labute approximate surface area is 172 Å². The average Bonchev–Trinajstić information content (AvgIpc) is 3.39. The Balaban J connectivity index is 0.000000367. The summed E-state index contributed by atoms with van der Waals surface area (Å²) in [6.45, 7) is 9.71. The van der Waals surface area contributed by atoms with Crippen molar-refractivity contribution < 1.29 is 19.2 Å². The van der Waals surface area contributed by atoms with Crippen molar-refractivity contribution in [1.82, 2.24) is 28.7 Å². The molecule has 0 saturated heterocycles. The molecule has 0 unspecified atom stereocenters. The molecule has 3 heterocycles. The van der Waals surface area contributed by atoms with Gasteiger partial charge in [0.05, 0.1) is 19.0 Å². The third kappa shape index (κ3) is 18.9. The minimum absolute atomic E-state index is 1.08. The number of imidazole rings is 3. The van der Waals surface area contributed by atoms with Crippen molar-refractivity contribution in [3.05, 3.63) is 56.2 Å². The van der Waals surface area contributed by atoms with Crippen LogP contribution < -0.4 is 0 Å². The van der Waals surface area contributed by atoms with Crippen LogP contribution in [0.1, 0.15) is 40.0 Å². The summed E-state index contributed by atoms with van der Waals surface area (Å²) >= 11 is 0. The van der Waals surface area contributed by atoms with E-state index in [4.69, 9.17) is 19.2 Å². The second-order valence-electron chi connectivity index (χ2n) is 5.91. The molecule has 0 saturated carbocycles. The van der Waals surface area contributed by atoms with Gasteiger partial charge < -0.3 is 28.4 Å². The normalized spacial score (nSPS) is 10.0. The Hall–Kier alpha value is -2.26. The zero-order chi connectivity index (χ0) is 22.0. The summed E-state index contributed by atoms with van der Waals surface area (Å²) in [6, 6.07) is 0. The number of rotatable bonds is 6. The molecule has 29 heavy (non-hydrogen) atoms. The lowest BCUT2D eigenvalue weighted by atomic mass is 10.5. The monoisotopic (exact) mass is 428 g/mol. The number of hydrogen-bond donors (Lipinski definition) is 3. The van der Waals surface area contributed by atoms with Crippen molar-refractivity contribution >= 4 is 7.82 Å². The summed E-state index contributed by atoms with van der Waals surface area (Å²) in [4.78, 5) is 33.3. The van der Waals surface area contributed by atoms with Gasteiger partial charge in [0.15, 0.2) is 0 Å². The average molecular weight is 428 g/mol. The van der Waals surface area contributed by atoms with Gasteiger partial charge in [-0.25, -0.2) is 19.5 Å². The molecule has 0 aromatic carbocycles. The summed E-state index contributed by atoms with van der Waals surface area (Å²) in [6.07, 6.45) is 20.4. The van der Waals surface area contributed by atoms with Crippen molar-refractivity contribution in [2.75, 3.05) is 0 Å². The summed E-state index contributed by atoms with van der Waals surface area (Å²) in [7, 11) is -4.64. The quantitative estimate of drug-likeness (QED) is 0.514. The Bertz CT molecular complexity index is 632. The number of hydrogen-bond acceptors (Lipinski definition) is 4. The first-order valence-electron chi connectivity index (χ1n) is 9.45. The molecule has 0 aliphatic rings. The molecule has 164 valence electrons. The fourth-order valence-electron chi connectivity index (χ4n) is 2.03. The second-order valence-corrected chi connectivity index (χ2v) is 6.94. The largest absolute Gasteiger partial charge is 0.466 e. The molecule has 10 nitrogen and oxygen atoms in total. The minimum Gasteiger partial charge on any atom is -0.338 e. The Kier molecular flexibility index (Phi) is 15.4. The summed E-state index contributed by atoms with van der Waals surface area (Å²) in [5, 5.41) is 0. The van der Waals surface area contributed by atoms with Crippen LogP contribution in [0.25, 0.3) is 0 Å². The van der Waals surface area contributed by atoms with Crippen molar-refractivity contribution in [3.63, 3.8) is 0 Å². The van der Waals surface area contributed by atoms with Gasteiger partial charge in [-0.2, -0.15) is 0 Å². The molecule has 0 radical (unpaired) electrons. The fraction of sp³-hybridized carbons (Fsp3) is 0.500.